The van der Waals surface area contributed by atoms with Gasteiger partial charge < -0.3 is 4.74 Å². The smallest absolute Gasteiger partial charge is 0.406 e. The Labute approximate surface area is 188 Å². The fourth-order valence-electron chi connectivity index (χ4n) is 3.87. The first-order chi connectivity index (χ1) is 15.7. The van der Waals surface area contributed by atoms with Gasteiger partial charge in [0.1, 0.15) is 17.3 Å². The van der Waals surface area contributed by atoms with Crippen LogP contribution in [0.2, 0.25) is 0 Å². The van der Waals surface area contributed by atoms with Gasteiger partial charge in [-0.2, -0.15) is 0 Å². The standard InChI is InChI=1S/C25H20F4N2O2/c1-16(17-6-3-2-4-7-17)30-22-15-23(18-8-5-9-21(14-18)33-25(27,28)29)31(24(22)32)20-12-10-19(26)11-13-20/h2-14,16,23H,15H2,1H3/t16-,23+/m1/s1. The van der Waals surface area contributed by atoms with E-state index in [1.807, 2.05) is 37.3 Å². The summed E-state index contributed by atoms with van der Waals surface area (Å²) in [6.07, 6.45) is -4.65. The van der Waals surface area contributed by atoms with Crippen molar-refractivity contribution in [2.45, 2.75) is 31.8 Å². The van der Waals surface area contributed by atoms with Crippen LogP contribution in [0.15, 0.2) is 83.9 Å². The van der Waals surface area contributed by atoms with Crippen LogP contribution in [0.3, 0.4) is 0 Å². The molecule has 0 saturated carbocycles. The number of carbonyl (C=O) groups is 1. The van der Waals surface area contributed by atoms with Crippen molar-refractivity contribution in [2.24, 2.45) is 4.99 Å². The summed E-state index contributed by atoms with van der Waals surface area (Å²) < 4.78 is 55.7. The summed E-state index contributed by atoms with van der Waals surface area (Å²) in [4.78, 5) is 19.4. The highest BCUT2D eigenvalue weighted by Crippen LogP contribution is 2.38. The van der Waals surface area contributed by atoms with Gasteiger partial charge >= 0.3 is 6.36 Å². The van der Waals surface area contributed by atoms with Crippen molar-refractivity contribution < 1.29 is 27.1 Å². The molecule has 3 aromatic rings. The molecule has 2 atom stereocenters. The molecule has 1 fully saturated rings. The number of anilines is 1. The number of hydrogen-bond acceptors (Lipinski definition) is 3. The van der Waals surface area contributed by atoms with E-state index in [2.05, 4.69) is 9.73 Å². The van der Waals surface area contributed by atoms with E-state index in [0.717, 1.165) is 5.56 Å². The molecule has 1 heterocycles. The van der Waals surface area contributed by atoms with Gasteiger partial charge in [0, 0.05) is 12.1 Å². The van der Waals surface area contributed by atoms with E-state index in [0.29, 0.717) is 17.0 Å². The van der Waals surface area contributed by atoms with E-state index in [1.54, 1.807) is 6.07 Å². The Kier molecular flexibility index (Phi) is 6.18. The van der Waals surface area contributed by atoms with E-state index < -0.39 is 18.2 Å². The number of halogens is 4. The van der Waals surface area contributed by atoms with Crippen LogP contribution in [0.5, 0.6) is 5.75 Å². The number of benzene rings is 3. The maximum atomic E-state index is 13.5. The molecule has 1 aliphatic rings. The minimum Gasteiger partial charge on any atom is -0.406 e. The van der Waals surface area contributed by atoms with Crippen molar-refractivity contribution in [1.82, 2.24) is 0 Å². The fourth-order valence-corrected chi connectivity index (χ4v) is 3.87. The zero-order valence-electron chi connectivity index (χ0n) is 17.6. The molecule has 4 nitrogen and oxygen atoms in total. The molecule has 33 heavy (non-hydrogen) atoms. The van der Waals surface area contributed by atoms with Crippen molar-refractivity contribution >= 4 is 17.3 Å². The van der Waals surface area contributed by atoms with Crippen molar-refractivity contribution in [3.63, 3.8) is 0 Å². The summed E-state index contributed by atoms with van der Waals surface area (Å²) in [5, 5.41) is 0. The van der Waals surface area contributed by atoms with Gasteiger partial charge in [-0.25, -0.2) is 4.39 Å². The lowest BCUT2D eigenvalue weighted by Gasteiger charge is -2.25. The second kappa shape index (κ2) is 9.05. The molecular weight excluding hydrogens is 436 g/mol. The predicted molar refractivity (Wildman–Crippen MR) is 117 cm³/mol. The largest absolute Gasteiger partial charge is 0.573 e. The fraction of sp³-hybridized carbons (Fsp3) is 0.200. The number of nitrogens with zero attached hydrogens (tertiary/aromatic N) is 2. The average Bonchev–Trinajstić information content (AvgIpc) is 3.10. The minimum atomic E-state index is -4.83. The molecule has 0 aliphatic carbocycles. The van der Waals surface area contributed by atoms with Gasteiger partial charge in [-0.1, -0.05) is 42.5 Å². The molecule has 0 aromatic heterocycles. The number of carbonyl (C=O) groups excluding carboxylic acids is 1. The Hall–Kier alpha value is -3.68. The number of aliphatic imine (C=N–C) groups is 1. The van der Waals surface area contributed by atoms with Crippen molar-refractivity contribution in [3.8, 4) is 5.75 Å². The van der Waals surface area contributed by atoms with Crippen LogP contribution < -0.4 is 9.64 Å². The third-order valence-electron chi connectivity index (χ3n) is 5.38. The summed E-state index contributed by atoms with van der Waals surface area (Å²) in [6.45, 7) is 1.86. The molecule has 1 aliphatic heterocycles. The van der Waals surface area contributed by atoms with Gasteiger partial charge in [0.2, 0.25) is 0 Å². The molecule has 3 aromatic carbocycles. The van der Waals surface area contributed by atoms with Crippen LogP contribution in [0.25, 0.3) is 0 Å². The normalized spacial score (nSPS) is 18.6. The number of ether oxygens (including phenoxy) is 1. The summed E-state index contributed by atoms with van der Waals surface area (Å²) in [5.74, 6) is -1.22. The van der Waals surface area contributed by atoms with Gasteiger partial charge in [-0.3, -0.25) is 14.7 Å². The van der Waals surface area contributed by atoms with Crippen molar-refractivity contribution in [1.29, 1.82) is 0 Å². The summed E-state index contributed by atoms with van der Waals surface area (Å²) in [6, 6.07) is 19.4. The third kappa shape index (κ3) is 5.22. The molecule has 170 valence electrons. The summed E-state index contributed by atoms with van der Waals surface area (Å²) in [7, 11) is 0. The highest BCUT2D eigenvalue weighted by Gasteiger charge is 2.39. The van der Waals surface area contributed by atoms with Gasteiger partial charge in [-0.05, 0) is 54.4 Å². The Morgan fingerprint density at radius 3 is 2.36 bits per heavy atom. The van der Waals surface area contributed by atoms with Crippen LogP contribution in [0, 0.1) is 5.82 Å². The molecule has 0 spiro atoms. The Morgan fingerprint density at radius 1 is 1.00 bits per heavy atom. The lowest BCUT2D eigenvalue weighted by atomic mass is 10.0. The first-order valence-corrected chi connectivity index (χ1v) is 10.3. The van der Waals surface area contributed by atoms with Crippen molar-refractivity contribution in [3.05, 3.63) is 95.8 Å². The first-order valence-electron chi connectivity index (χ1n) is 10.3. The molecule has 1 amide bonds. The van der Waals surface area contributed by atoms with Gasteiger partial charge in [0.15, 0.2) is 0 Å². The number of amides is 1. The van der Waals surface area contributed by atoms with Crippen LogP contribution in [0.4, 0.5) is 23.2 Å². The highest BCUT2D eigenvalue weighted by molar-refractivity contribution is 6.46. The predicted octanol–water partition coefficient (Wildman–Crippen LogP) is 6.40. The Morgan fingerprint density at radius 2 is 1.70 bits per heavy atom. The van der Waals surface area contributed by atoms with Gasteiger partial charge in [0.05, 0.1) is 12.1 Å². The molecule has 0 radical (unpaired) electrons. The second-order valence-electron chi connectivity index (χ2n) is 7.65. The Bertz CT molecular complexity index is 1160. The molecule has 0 unspecified atom stereocenters. The second-order valence-corrected chi connectivity index (χ2v) is 7.65. The van der Waals surface area contributed by atoms with E-state index >= 15 is 0 Å². The molecular formula is C25H20F4N2O2. The van der Waals surface area contributed by atoms with Crippen molar-refractivity contribution in [2.75, 3.05) is 4.90 Å². The maximum absolute atomic E-state index is 13.5. The topological polar surface area (TPSA) is 41.9 Å². The number of alkyl halides is 3. The molecule has 0 N–H and O–H groups in total. The van der Waals surface area contributed by atoms with Gasteiger partial charge in [-0.15, -0.1) is 13.2 Å². The lowest BCUT2D eigenvalue weighted by Crippen LogP contribution is -2.29. The minimum absolute atomic E-state index is 0.183. The quantitative estimate of drug-likeness (QED) is 0.417. The molecule has 4 rings (SSSR count). The average molecular weight is 456 g/mol. The monoisotopic (exact) mass is 456 g/mol. The van der Waals surface area contributed by atoms with E-state index in [1.165, 1.54) is 47.4 Å². The van der Waals surface area contributed by atoms with Gasteiger partial charge in [0.25, 0.3) is 5.91 Å². The zero-order chi connectivity index (χ0) is 23.6. The number of hydrogen-bond donors (Lipinski definition) is 0. The molecule has 0 bridgehead atoms. The zero-order valence-corrected chi connectivity index (χ0v) is 17.6. The van der Waals surface area contributed by atoms with E-state index in [-0.39, 0.29) is 24.1 Å². The third-order valence-corrected chi connectivity index (χ3v) is 5.38. The van der Waals surface area contributed by atoms with Crippen LogP contribution in [-0.2, 0) is 4.79 Å². The van der Waals surface area contributed by atoms with E-state index in [4.69, 9.17) is 0 Å². The molecule has 1 saturated heterocycles. The highest BCUT2D eigenvalue weighted by atomic mass is 19.4. The first kappa shape index (κ1) is 22.5. The summed E-state index contributed by atoms with van der Waals surface area (Å²) in [5.41, 5.74) is 2.09. The number of rotatable bonds is 5. The van der Waals surface area contributed by atoms with Crippen LogP contribution in [0.1, 0.15) is 36.6 Å². The Balaban J connectivity index is 1.72. The maximum Gasteiger partial charge on any atom is 0.573 e. The van der Waals surface area contributed by atoms with Crippen LogP contribution >= 0.6 is 0 Å². The SMILES string of the molecule is C[C@@H](N=C1C[C@@H](c2cccc(OC(F)(F)F)c2)N(c2ccc(F)cc2)C1=O)c1ccccc1. The summed E-state index contributed by atoms with van der Waals surface area (Å²) >= 11 is 0. The lowest BCUT2D eigenvalue weighted by molar-refractivity contribution is -0.274. The molecule has 8 heteroatoms. The van der Waals surface area contributed by atoms with E-state index in [9.17, 15) is 22.4 Å². The van der Waals surface area contributed by atoms with Crippen LogP contribution in [-0.4, -0.2) is 18.0 Å².